The topological polar surface area (TPSA) is 69.7 Å². The minimum Gasteiger partial charge on any atom is -0.496 e. The summed E-state index contributed by atoms with van der Waals surface area (Å²) >= 11 is 0. The Hall–Kier alpha value is -3.28. The molecule has 0 unspecified atom stereocenters. The van der Waals surface area contributed by atoms with Crippen molar-refractivity contribution in [2.24, 2.45) is 0 Å². The van der Waals surface area contributed by atoms with Crippen LogP contribution in [0.1, 0.15) is 16.8 Å². The molecular formula is C20H18N2O4. The fourth-order valence-electron chi connectivity index (χ4n) is 2.92. The van der Waals surface area contributed by atoms with Crippen molar-refractivity contribution < 1.29 is 19.0 Å². The van der Waals surface area contributed by atoms with Crippen molar-refractivity contribution in [2.45, 2.75) is 6.42 Å². The van der Waals surface area contributed by atoms with E-state index >= 15 is 0 Å². The molecule has 1 aromatic heterocycles. The SMILES string of the molecule is COc1ccc(NC(=O)c2ccc3c(c2)OCCCO3)c2ncccc12. The van der Waals surface area contributed by atoms with E-state index in [9.17, 15) is 4.79 Å². The van der Waals surface area contributed by atoms with Crippen LogP contribution in [-0.2, 0) is 0 Å². The molecule has 2 heterocycles. The highest BCUT2D eigenvalue weighted by Gasteiger charge is 2.16. The number of anilines is 1. The molecule has 1 amide bonds. The smallest absolute Gasteiger partial charge is 0.255 e. The Balaban J connectivity index is 1.65. The minimum absolute atomic E-state index is 0.238. The molecule has 0 radical (unpaired) electrons. The maximum atomic E-state index is 12.7. The van der Waals surface area contributed by atoms with Crippen LogP contribution >= 0.6 is 0 Å². The summed E-state index contributed by atoms with van der Waals surface area (Å²) in [6, 6.07) is 12.5. The third-order valence-corrected chi connectivity index (χ3v) is 4.21. The number of nitrogens with zero attached hydrogens (tertiary/aromatic N) is 1. The molecule has 26 heavy (non-hydrogen) atoms. The van der Waals surface area contributed by atoms with E-state index in [0.29, 0.717) is 47.2 Å². The highest BCUT2D eigenvalue weighted by molar-refractivity contribution is 6.09. The molecule has 2 aromatic carbocycles. The summed E-state index contributed by atoms with van der Waals surface area (Å²) in [7, 11) is 1.61. The lowest BCUT2D eigenvalue weighted by Gasteiger charge is -2.12. The molecule has 0 atom stereocenters. The lowest BCUT2D eigenvalue weighted by molar-refractivity contribution is 0.102. The van der Waals surface area contributed by atoms with Gasteiger partial charge in [-0.1, -0.05) is 0 Å². The molecule has 6 nitrogen and oxygen atoms in total. The molecule has 0 spiro atoms. The zero-order chi connectivity index (χ0) is 17.9. The second kappa shape index (κ2) is 6.92. The maximum absolute atomic E-state index is 12.7. The molecule has 4 rings (SSSR count). The molecule has 0 fully saturated rings. The van der Waals surface area contributed by atoms with Crippen LogP contribution in [0.3, 0.4) is 0 Å². The molecule has 6 heteroatoms. The van der Waals surface area contributed by atoms with E-state index in [-0.39, 0.29) is 5.91 Å². The Morgan fingerprint density at radius 3 is 2.81 bits per heavy atom. The van der Waals surface area contributed by atoms with Gasteiger partial charge in [0.25, 0.3) is 5.91 Å². The largest absolute Gasteiger partial charge is 0.496 e. The molecule has 1 N–H and O–H groups in total. The first-order valence-corrected chi connectivity index (χ1v) is 8.39. The predicted molar refractivity (Wildman–Crippen MR) is 98.3 cm³/mol. The highest BCUT2D eigenvalue weighted by Crippen LogP contribution is 2.32. The number of ether oxygens (including phenoxy) is 3. The second-order valence-corrected chi connectivity index (χ2v) is 5.88. The molecule has 3 aromatic rings. The van der Waals surface area contributed by atoms with E-state index in [1.54, 1.807) is 37.6 Å². The summed E-state index contributed by atoms with van der Waals surface area (Å²) in [5.74, 6) is 1.72. The van der Waals surface area contributed by atoms with E-state index in [1.165, 1.54) is 0 Å². The van der Waals surface area contributed by atoms with Gasteiger partial charge in [0.2, 0.25) is 0 Å². The Morgan fingerprint density at radius 1 is 1.12 bits per heavy atom. The van der Waals surface area contributed by atoms with Crippen LogP contribution in [0, 0.1) is 0 Å². The van der Waals surface area contributed by atoms with Gasteiger partial charge in [0.1, 0.15) is 5.75 Å². The van der Waals surface area contributed by atoms with Crippen molar-refractivity contribution in [3.8, 4) is 17.2 Å². The molecule has 0 aliphatic carbocycles. The van der Waals surface area contributed by atoms with Gasteiger partial charge in [-0.15, -0.1) is 0 Å². The van der Waals surface area contributed by atoms with Gasteiger partial charge < -0.3 is 19.5 Å². The number of hydrogen-bond acceptors (Lipinski definition) is 5. The van der Waals surface area contributed by atoms with Crippen LogP contribution in [0.25, 0.3) is 10.9 Å². The molecule has 0 bridgehead atoms. The number of pyridine rings is 1. The first-order chi connectivity index (χ1) is 12.8. The Morgan fingerprint density at radius 2 is 1.96 bits per heavy atom. The lowest BCUT2D eigenvalue weighted by atomic mass is 10.1. The minimum atomic E-state index is -0.238. The number of amides is 1. The van der Waals surface area contributed by atoms with Gasteiger partial charge in [-0.25, -0.2) is 0 Å². The average Bonchev–Trinajstić information content (AvgIpc) is 2.93. The van der Waals surface area contributed by atoms with E-state index < -0.39 is 0 Å². The van der Waals surface area contributed by atoms with Crippen molar-refractivity contribution in [1.82, 2.24) is 4.98 Å². The van der Waals surface area contributed by atoms with Crippen molar-refractivity contribution in [1.29, 1.82) is 0 Å². The fourth-order valence-corrected chi connectivity index (χ4v) is 2.92. The number of carbonyl (C=O) groups excluding carboxylic acids is 1. The van der Waals surface area contributed by atoms with Gasteiger partial charge in [-0.05, 0) is 42.5 Å². The normalized spacial score (nSPS) is 13.1. The molecular weight excluding hydrogens is 332 g/mol. The summed E-state index contributed by atoms with van der Waals surface area (Å²) < 4.78 is 16.6. The predicted octanol–water partition coefficient (Wildman–Crippen LogP) is 3.66. The number of fused-ring (bicyclic) bond motifs is 2. The lowest BCUT2D eigenvalue weighted by Crippen LogP contribution is -2.12. The number of benzene rings is 2. The van der Waals surface area contributed by atoms with Crippen molar-refractivity contribution >= 4 is 22.5 Å². The number of methoxy groups -OCH3 is 1. The summed E-state index contributed by atoms with van der Waals surface area (Å²) in [5.41, 5.74) is 1.79. The van der Waals surface area contributed by atoms with Crippen molar-refractivity contribution in [3.05, 3.63) is 54.2 Å². The number of rotatable bonds is 3. The second-order valence-electron chi connectivity index (χ2n) is 5.88. The van der Waals surface area contributed by atoms with Crippen LogP contribution < -0.4 is 19.5 Å². The van der Waals surface area contributed by atoms with Crippen LogP contribution in [0.5, 0.6) is 17.2 Å². The highest BCUT2D eigenvalue weighted by atomic mass is 16.5. The zero-order valence-corrected chi connectivity index (χ0v) is 14.3. The maximum Gasteiger partial charge on any atom is 0.255 e. The van der Waals surface area contributed by atoms with Gasteiger partial charge in [-0.2, -0.15) is 0 Å². The van der Waals surface area contributed by atoms with E-state index in [0.717, 1.165) is 11.8 Å². The quantitative estimate of drug-likeness (QED) is 0.781. The van der Waals surface area contributed by atoms with Gasteiger partial charge in [0.05, 0.1) is 31.5 Å². The number of carbonyl (C=O) groups is 1. The van der Waals surface area contributed by atoms with Crippen molar-refractivity contribution in [3.63, 3.8) is 0 Å². The van der Waals surface area contributed by atoms with Crippen LogP contribution in [0.15, 0.2) is 48.7 Å². The molecule has 1 aliphatic heterocycles. The third-order valence-electron chi connectivity index (χ3n) is 4.21. The van der Waals surface area contributed by atoms with E-state index in [1.807, 2.05) is 18.2 Å². The summed E-state index contributed by atoms with van der Waals surface area (Å²) in [5, 5.41) is 3.76. The Labute approximate surface area is 150 Å². The van der Waals surface area contributed by atoms with Gasteiger partial charge in [0, 0.05) is 23.6 Å². The Kier molecular flexibility index (Phi) is 4.31. The summed E-state index contributed by atoms with van der Waals surface area (Å²) in [4.78, 5) is 17.1. The third kappa shape index (κ3) is 3.01. The van der Waals surface area contributed by atoms with Crippen LogP contribution in [0.2, 0.25) is 0 Å². The van der Waals surface area contributed by atoms with Gasteiger partial charge in [-0.3, -0.25) is 9.78 Å². The summed E-state index contributed by atoms with van der Waals surface area (Å²) in [6.45, 7) is 1.19. The van der Waals surface area contributed by atoms with Crippen LogP contribution in [0.4, 0.5) is 5.69 Å². The van der Waals surface area contributed by atoms with Crippen molar-refractivity contribution in [2.75, 3.05) is 25.6 Å². The number of nitrogens with one attached hydrogen (secondary N) is 1. The molecule has 0 saturated heterocycles. The summed E-state index contributed by atoms with van der Waals surface area (Å²) in [6.07, 6.45) is 2.50. The zero-order valence-electron chi connectivity index (χ0n) is 14.3. The number of hydrogen-bond donors (Lipinski definition) is 1. The van der Waals surface area contributed by atoms with E-state index in [4.69, 9.17) is 14.2 Å². The van der Waals surface area contributed by atoms with Gasteiger partial charge in [0.15, 0.2) is 11.5 Å². The monoisotopic (exact) mass is 350 g/mol. The Bertz CT molecular complexity index is 971. The number of aromatic nitrogens is 1. The first kappa shape index (κ1) is 16.2. The van der Waals surface area contributed by atoms with E-state index in [2.05, 4.69) is 10.3 Å². The molecule has 0 saturated carbocycles. The first-order valence-electron chi connectivity index (χ1n) is 8.39. The standard InChI is InChI=1S/C20H18N2O4/c1-24-16-8-6-15(19-14(16)4-2-9-21-19)22-20(23)13-5-7-17-18(12-13)26-11-3-10-25-17/h2,4-9,12H,3,10-11H2,1H3,(H,22,23). The molecule has 1 aliphatic rings. The molecule has 132 valence electrons. The average molecular weight is 350 g/mol. The van der Waals surface area contributed by atoms with Crippen LogP contribution in [-0.4, -0.2) is 31.2 Å². The fraction of sp³-hybridized carbons (Fsp3) is 0.200. The van der Waals surface area contributed by atoms with Gasteiger partial charge >= 0.3 is 0 Å².